The van der Waals surface area contributed by atoms with Crippen LogP contribution in [0.15, 0.2) is 77.7 Å². The minimum atomic E-state index is -4.14. The predicted octanol–water partition coefficient (Wildman–Crippen LogP) is 4.68. The van der Waals surface area contributed by atoms with Crippen LogP contribution in [0.3, 0.4) is 0 Å². The zero-order chi connectivity index (χ0) is 30.3. The molecule has 10 heteroatoms. The third-order valence-corrected chi connectivity index (χ3v) is 9.42. The van der Waals surface area contributed by atoms with Crippen molar-refractivity contribution in [2.45, 2.75) is 63.1 Å². The Morgan fingerprint density at radius 2 is 1.43 bits per heavy atom. The number of anilines is 1. The van der Waals surface area contributed by atoms with Gasteiger partial charge in [0.05, 0.1) is 24.8 Å². The largest absolute Gasteiger partial charge is 0.497 e. The van der Waals surface area contributed by atoms with Crippen LogP contribution in [0.25, 0.3) is 0 Å². The molecule has 3 aromatic carbocycles. The Morgan fingerprint density at radius 1 is 0.881 bits per heavy atom. The molecule has 1 fully saturated rings. The van der Waals surface area contributed by atoms with Gasteiger partial charge in [0.15, 0.2) is 0 Å². The van der Waals surface area contributed by atoms with Gasteiger partial charge < -0.3 is 19.7 Å². The van der Waals surface area contributed by atoms with Crippen molar-refractivity contribution in [3.8, 4) is 11.5 Å². The average Bonchev–Trinajstić information content (AvgIpc) is 3.51. The smallest absolute Gasteiger partial charge is 0.264 e. The van der Waals surface area contributed by atoms with Gasteiger partial charge >= 0.3 is 0 Å². The number of hydrogen-bond acceptors (Lipinski definition) is 6. The lowest BCUT2D eigenvalue weighted by molar-refractivity contribution is -0.139. The molecule has 42 heavy (non-hydrogen) atoms. The Balaban J connectivity index is 1.68. The number of ether oxygens (including phenoxy) is 2. The van der Waals surface area contributed by atoms with Crippen LogP contribution in [-0.4, -0.2) is 58.0 Å². The first-order valence-electron chi connectivity index (χ1n) is 14.1. The molecule has 0 radical (unpaired) electrons. The minimum absolute atomic E-state index is 0.0606. The molecule has 0 bridgehead atoms. The Bertz CT molecular complexity index is 1450. The number of amides is 2. The predicted molar refractivity (Wildman–Crippen MR) is 162 cm³/mol. The lowest BCUT2D eigenvalue weighted by Crippen LogP contribution is -2.52. The zero-order valence-electron chi connectivity index (χ0n) is 24.6. The van der Waals surface area contributed by atoms with Crippen molar-refractivity contribution >= 4 is 27.5 Å². The van der Waals surface area contributed by atoms with Crippen molar-refractivity contribution in [1.82, 2.24) is 10.2 Å². The molecule has 1 atom stereocenters. The molecule has 2 amide bonds. The van der Waals surface area contributed by atoms with E-state index in [0.29, 0.717) is 17.2 Å². The molecule has 0 saturated heterocycles. The molecule has 0 aliphatic heterocycles. The number of methoxy groups -OCH3 is 2. The Hall–Kier alpha value is -4.05. The maximum absolute atomic E-state index is 14.1. The van der Waals surface area contributed by atoms with Gasteiger partial charge in [0.2, 0.25) is 11.8 Å². The Labute approximate surface area is 248 Å². The highest BCUT2D eigenvalue weighted by Crippen LogP contribution is 2.27. The van der Waals surface area contributed by atoms with E-state index in [1.807, 2.05) is 19.1 Å². The van der Waals surface area contributed by atoms with E-state index in [-0.39, 0.29) is 23.4 Å². The number of rotatable bonds is 12. The molecule has 0 spiro atoms. The molecule has 1 saturated carbocycles. The summed E-state index contributed by atoms with van der Waals surface area (Å²) < 4.78 is 39.5. The molecular weight excluding hydrogens is 554 g/mol. The highest BCUT2D eigenvalue weighted by molar-refractivity contribution is 7.92. The molecule has 0 heterocycles. The number of nitrogens with one attached hydrogen (secondary N) is 1. The summed E-state index contributed by atoms with van der Waals surface area (Å²) in [5.74, 6) is 0.446. The highest BCUT2D eigenvalue weighted by atomic mass is 32.2. The molecule has 0 aromatic heterocycles. The second-order valence-corrected chi connectivity index (χ2v) is 12.4. The monoisotopic (exact) mass is 593 g/mol. The topological polar surface area (TPSA) is 105 Å². The molecule has 1 N–H and O–H groups in total. The van der Waals surface area contributed by atoms with E-state index in [1.54, 1.807) is 62.6 Å². The van der Waals surface area contributed by atoms with Crippen molar-refractivity contribution in [2.24, 2.45) is 0 Å². The fourth-order valence-corrected chi connectivity index (χ4v) is 6.43. The molecule has 3 aromatic rings. The third-order valence-electron chi connectivity index (χ3n) is 7.63. The normalized spacial score (nSPS) is 14.2. The summed E-state index contributed by atoms with van der Waals surface area (Å²) in [7, 11) is -1.04. The summed E-state index contributed by atoms with van der Waals surface area (Å²) in [5.41, 5.74) is 1.99. The zero-order valence-corrected chi connectivity index (χ0v) is 25.4. The van der Waals surface area contributed by atoms with Crippen molar-refractivity contribution in [1.29, 1.82) is 0 Å². The maximum atomic E-state index is 14.1. The Kier molecular flexibility index (Phi) is 10.1. The van der Waals surface area contributed by atoms with Crippen molar-refractivity contribution < 1.29 is 27.5 Å². The van der Waals surface area contributed by atoms with Crippen LogP contribution in [0.2, 0.25) is 0 Å². The lowest BCUT2D eigenvalue weighted by Gasteiger charge is -2.32. The van der Waals surface area contributed by atoms with E-state index in [2.05, 4.69) is 5.32 Å². The number of aryl methyl sites for hydroxylation is 1. The van der Waals surface area contributed by atoms with E-state index < -0.39 is 28.5 Å². The van der Waals surface area contributed by atoms with Gasteiger partial charge in [-0.3, -0.25) is 13.9 Å². The van der Waals surface area contributed by atoms with Crippen molar-refractivity contribution in [3.63, 3.8) is 0 Å². The number of carbonyl (C=O) groups is 2. The van der Waals surface area contributed by atoms with E-state index in [9.17, 15) is 18.0 Å². The molecule has 9 nitrogen and oxygen atoms in total. The van der Waals surface area contributed by atoms with Crippen LogP contribution >= 0.6 is 0 Å². The van der Waals surface area contributed by atoms with E-state index in [1.165, 1.54) is 24.1 Å². The SMILES string of the molecule is COc1ccc(CN(C(=O)CN(c2ccc(OC)cc2)S(=O)(=O)c2ccc(C)cc2)C(C)C(=O)NC2CCCC2)cc1. The van der Waals surface area contributed by atoms with Gasteiger partial charge in [-0.1, -0.05) is 42.7 Å². The second-order valence-electron chi connectivity index (χ2n) is 10.6. The first kappa shape index (κ1) is 30.9. The summed E-state index contributed by atoms with van der Waals surface area (Å²) in [4.78, 5) is 28.9. The fraction of sp³-hybridized carbons (Fsp3) is 0.375. The van der Waals surface area contributed by atoms with Gasteiger partial charge in [-0.05, 0) is 80.8 Å². The summed E-state index contributed by atoms with van der Waals surface area (Å²) in [6.07, 6.45) is 3.93. The van der Waals surface area contributed by atoms with Gasteiger partial charge in [0.1, 0.15) is 24.1 Å². The Morgan fingerprint density at radius 3 is 1.98 bits per heavy atom. The van der Waals surface area contributed by atoms with Gasteiger partial charge in [-0.15, -0.1) is 0 Å². The molecular formula is C32H39N3O6S. The molecule has 1 aliphatic rings. The number of carbonyl (C=O) groups excluding carboxylic acids is 2. The molecule has 4 rings (SSSR count). The second kappa shape index (κ2) is 13.7. The van der Waals surface area contributed by atoms with Crippen LogP contribution in [0, 0.1) is 6.92 Å². The van der Waals surface area contributed by atoms with Crippen LogP contribution in [0.5, 0.6) is 11.5 Å². The van der Waals surface area contributed by atoms with Crippen LogP contribution in [0.4, 0.5) is 5.69 Å². The molecule has 1 aliphatic carbocycles. The summed E-state index contributed by atoms with van der Waals surface area (Å²) in [5, 5.41) is 3.08. The van der Waals surface area contributed by atoms with Gasteiger partial charge in [-0.25, -0.2) is 8.42 Å². The third kappa shape index (κ3) is 7.42. The van der Waals surface area contributed by atoms with Crippen LogP contribution in [-0.2, 0) is 26.2 Å². The maximum Gasteiger partial charge on any atom is 0.264 e. The highest BCUT2D eigenvalue weighted by Gasteiger charge is 2.33. The number of benzene rings is 3. The number of nitrogens with zero attached hydrogens (tertiary/aromatic N) is 2. The van der Waals surface area contributed by atoms with E-state index in [0.717, 1.165) is 41.1 Å². The molecule has 224 valence electrons. The van der Waals surface area contributed by atoms with Gasteiger partial charge in [0.25, 0.3) is 10.0 Å². The van der Waals surface area contributed by atoms with Crippen LogP contribution < -0.4 is 19.1 Å². The van der Waals surface area contributed by atoms with Gasteiger partial charge in [-0.2, -0.15) is 0 Å². The first-order valence-corrected chi connectivity index (χ1v) is 15.5. The summed E-state index contributed by atoms with van der Waals surface area (Å²) in [6, 6.07) is 19.4. The quantitative estimate of drug-likeness (QED) is 0.327. The molecule has 1 unspecified atom stereocenters. The lowest BCUT2D eigenvalue weighted by atomic mass is 10.1. The van der Waals surface area contributed by atoms with Crippen molar-refractivity contribution in [3.05, 3.63) is 83.9 Å². The standard InChI is InChI=1S/C32H39N3O6S/c1-23-9-19-30(20-10-23)42(38,39)35(27-13-17-29(41-4)18-14-27)22-31(36)34(21-25-11-15-28(40-3)16-12-25)24(2)32(37)33-26-7-5-6-8-26/h9-20,24,26H,5-8,21-22H2,1-4H3,(H,33,37). The number of sulfonamides is 1. The van der Waals surface area contributed by atoms with Crippen LogP contribution in [0.1, 0.15) is 43.7 Å². The number of hydrogen-bond donors (Lipinski definition) is 1. The summed E-state index contributed by atoms with van der Waals surface area (Å²) >= 11 is 0. The van der Waals surface area contributed by atoms with E-state index >= 15 is 0 Å². The van der Waals surface area contributed by atoms with Crippen molar-refractivity contribution in [2.75, 3.05) is 25.1 Å². The van der Waals surface area contributed by atoms with Gasteiger partial charge in [0, 0.05) is 12.6 Å². The summed E-state index contributed by atoms with van der Waals surface area (Å²) in [6.45, 7) is 3.16. The minimum Gasteiger partial charge on any atom is -0.497 e. The average molecular weight is 594 g/mol. The van der Waals surface area contributed by atoms with E-state index in [4.69, 9.17) is 9.47 Å². The first-order chi connectivity index (χ1) is 20.1. The fourth-order valence-electron chi connectivity index (χ4n) is 5.02.